The van der Waals surface area contributed by atoms with E-state index in [9.17, 15) is 8.42 Å². The van der Waals surface area contributed by atoms with E-state index in [2.05, 4.69) is 29.0 Å². The third kappa shape index (κ3) is 5.58. The Labute approximate surface area is 120 Å². The second-order valence-corrected chi connectivity index (χ2v) is 6.71. The number of nitrogens with zero attached hydrogens (tertiary/aromatic N) is 2. The minimum Gasteiger partial charge on any atom is -0.380 e. The number of methoxy groups -OCH3 is 1. The first-order chi connectivity index (χ1) is 9.35. The molecule has 0 bridgehead atoms. The van der Waals surface area contributed by atoms with Crippen molar-refractivity contribution < 1.29 is 13.2 Å². The van der Waals surface area contributed by atoms with Crippen LogP contribution in [0.2, 0.25) is 0 Å². The molecule has 1 heterocycles. The summed E-state index contributed by atoms with van der Waals surface area (Å²) in [7, 11) is -1.98. The molecule has 0 aromatic carbocycles. The van der Waals surface area contributed by atoms with E-state index >= 15 is 0 Å². The van der Waals surface area contributed by atoms with Crippen LogP contribution in [0.1, 0.15) is 20.8 Å². The van der Waals surface area contributed by atoms with Gasteiger partial charge in [-0.05, 0) is 6.92 Å². The Morgan fingerprint density at radius 1 is 1.40 bits per heavy atom. The number of nitrogens with one attached hydrogen (secondary N) is 2. The van der Waals surface area contributed by atoms with Crippen molar-refractivity contribution in [2.75, 3.05) is 20.2 Å². The molecule has 1 unspecified atom stereocenters. The Hall–Kier alpha value is -0.960. The van der Waals surface area contributed by atoms with Gasteiger partial charge in [0.2, 0.25) is 10.0 Å². The molecular formula is C12H24N4O3S. The largest absolute Gasteiger partial charge is 0.380 e. The van der Waals surface area contributed by atoms with E-state index in [1.165, 1.54) is 12.4 Å². The molecule has 20 heavy (non-hydrogen) atoms. The van der Waals surface area contributed by atoms with Crippen LogP contribution in [-0.4, -0.2) is 50.5 Å². The predicted molar refractivity (Wildman–Crippen MR) is 77.0 cm³/mol. The molecule has 116 valence electrons. The topological polar surface area (TPSA) is 85.2 Å². The maximum absolute atomic E-state index is 12.0. The lowest BCUT2D eigenvalue weighted by Gasteiger charge is -2.10. The Kier molecular flexibility index (Phi) is 6.60. The lowest BCUT2D eigenvalue weighted by molar-refractivity contribution is 0.122. The smallest absolute Gasteiger partial charge is 0.243 e. The van der Waals surface area contributed by atoms with E-state index in [1.54, 1.807) is 18.7 Å². The van der Waals surface area contributed by atoms with E-state index in [4.69, 9.17) is 4.74 Å². The summed E-state index contributed by atoms with van der Waals surface area (Å²) in [6.07, 6.45) is 2.71. The average Bonchev–Trinajstić information content (AvgIpc) is 2.85. The summed E-state index contributed by atoms with van der Waals surface area (Å²) in [4.78, 5) is 0.172. The first kappa shape index (κ1) is 17.1. The zero-order valence-electron chi connectivity index (χ0n) is 12.5. The van der Waals surface area contributed by atoms with Crippen molar-refractivity contribution in [1.29, 1.82) is 0 Å². The molecule has 8 heteroatoms. The van der Waals surface area contributed by atoms with Gasteiger partial charge in [0, 0.05) is 32.4 Å². The molecule has 1 aromatic heterocycles. The highest BCUT2D eigenvalue weighted by molar-refractivity contribution is 7.89. The Bertz CT molecular complexity index is 499. The summed E-state index contributed by atoms with van der Waals surface area (Å²) in [6, 6.07) is 0.394. The van der Waals surface area contributed by atoms with Crippen LogP contribution in [0.4, 0.5) is 0 Å². The highest BCUT2D eigenvalue weighted by Gasteiger charge is 2.17. The molecule has 0 aliphatic carbocycles. The summed E-state index contributed by atoms with van der Waals surface area (Å²) in [6.45, 7) is 7.51. The third-order valence-electron chi connectivity index (χ3n) is 2.78. The normalized spacial score (nSPS) is 13.8. The quantitative estimate of drug-likeness (QED) is 0.680. The van der Waals surface area contributed by atoms with Gasteiger partial charge in [0.1, 0.15) is 4.90 Å². The molecule has 2 N–H and O–H groups in total. The van der Waals surface area contributed by atoms with Crippen molar-refractivity contribution in [2.45, 2.75) is 44.4 Å². The lowest BCUT2D eigenvalue weighted by atomic mass is 10.4. The summed E-state index contributed by atoms with van der Waals surface area (Å²) in [5.41, 5.74) is 0. The molecule has 1 atom stereocenters. The predicted octanol–water partition coefficient (Wildman–Crippen LogP) is 0.194. The maximum atomic E-state index is 12.0. The highest BCUT2D eigenvalue weighted by Crippen LogP contribution is 2.06. The second kappa shape index (κ2) is 7.72. The van der Waals surface area contributed by atoms with Crippen molar-refractivity contribution in [3.63, 3.8) is 0 Å². The van der Waals surface area contributed by atoms with Crippen molar-refractivity contribution in [2.24, 2.45) is 0 Å². The second-order valence-electron chi connectivity index (χ2n) is 4.95. The van der Waals surface area contributed by atoms with E-state index in [-0.39, 0.29) is 17.5 Å². The fourth-order valence-corrected chi connectivity index (χ4v) is 2.53. The molecule has 0 amide bonds. The number of sulfonamides is 1. The van der Waals surface area contributed by atoms with Crippen molar-refractivity contribution >= 4 is 10.0 Å². The van der Waals surface area contributed by atoms with Crippen LogP contribution in [-0.2, 0) is 21.3 Å². The molecular weight excluding hydrogens is 280 g/mol. The van der Waals surface area contributed by atoms with Gasteiger partial charge in [-0.15, -0.1) is 0 Å². The number of rotatable bonds is 9. The van der Waals surface area contributed by atoms with Crippen molar-refractivity contribution in [1.82, 2.24) is 19.8 Å². The molecule has 0 spiro atoms. The first-order valence-electron chi connectivity index (χ1n) is 6.63. The maximum Gasteiger partial charge on any atom is 0.243 e. The standard InChI is InChI=1S/C12H24N4O3S/c1-10(2)13-5-6-16-9-12(8-14-16)20(17,18)15-7-11(3)19-4/h8-11,13,15H,5-7H2,1-4H3. The molecule has 1 aromatic rings. The van der Waals surface area contributed by atoms with Gasteiger partial charge >= 0.3 is 0 Å². The van der Waals surface area contributed by atoms with E-state index < -0.39 is 10.0 Å². The number of hydrogen-bond acceptors (Lipinski definition) is 5. The molecule has 0 fully saturated rings. The van der Waals surface area contributed by atoms with E-state index in [0.29, 0.717) is 12.6 Å². The molecule has 7 nitrogen and oxygen atoms in total. The van der Waals surface area contributed by atoms with Crippen LogP contribution in [0, 0.1) is 0 Å². The first-order valence-corrected chi connectivity index (χ1v) is 8.11. The minimum absolute atomic E-state index is 0.171. The lowest BCUT2D eigenvalue weighted by Crippen LogP contribution is -2.31. The van der Waals surface area contributed by atoms with Gasteiger partial charge in [0.05, 0.1) is 18.8 Å². The van der Waals surface area contributed by atoms with Crippen LogP contribution < -0.4 is 10.0 Å². The third-order valence-corrected chi connectivity index (χ3v) is 4.15. The monoisotopic (exact) mass is 304 g/mol. The van der Waals surface area contributed by atoms with Crippen LogP contribution in [0.25, 0.3) is 0 Å². The molecule has 1 rings (SSSR count). The molecule has 0 saturated carbocycles. The summed E-state index contributed by atoms with van der Waals surface area (Å²) >= 11 is 0. The van der Waals surface area contributed by atoms with Crippen molar-refractivity contribution in [3.05, 3.63) is 12.4 Å². The van der Waals surface area contributed by atoms with Gasteiger partial charge < -0.3 is 10.1 Å². The molecule has 0 aliphatic rings. The number of hydrogen-bond donors (Lipinski definition) is 2. The number of ether oxygens (including phenoxy) is 1. The zero-order chi connectivity index (χ0) is 15.2. The Balaban J connectivity index is 2.56. The van der Waals surface area contributed by atoms with Crippen LogP contribution in [0.3, 0.4) is 0 Å². The highest BCUT2D eigenvalue weighted by atomic mass is 32.2. The van der Waals surface area contributed by atoms with E-state index in [0.717, 1.165) is 6.54 Å². The Morgan fingerprint density at radius 2 is 2.10 bits per heavy atom. The summed E-state index contributed by atoms with van der Waals surface area (Å²) in [5, 5.41) is 7.30. The summed E-state index contributed by atoms with van der Waals surface area (Å²) < 4.78 is 33.1. The van der Waals surface area contributed by atoms with Gasteiger partial charge in [0.25, 0.3) is 0 Å². The minimum atomic E-state index is -3.52. The van der Waals surface area contributed by atoms with Gasteiger partial charge in [-0.25, -0.2) is 13.1 Å². The number of aromatic nitrogens is 2. The SMILES string of the molecule is COC(C)CNS(=O)(=O)c1cnn(CCNC(C)C)c1. The molecule has 0 aliphatic heterocycles. The Morgan fingerprint density at radius 3 is 2.70 bits per heavy atom. The van der Waals surface area contributed by atoms with Gasteiger partial charge in [-0.1, -0.05) is 13.8 Å². The van der Waals surface area contributed by atoms with Gasteiger partial charge in [0.15, 0.2) is 0 Å². The van der Waals surface area contributed by atoms with Crippen LogP contribution in [0.5, 0.6) is 0 Å². The zero-order valence-corrected chi connectivity index (χ0v) is 13.3. The van der Waals surface area contributed by atoms with Gasteiger partial charge in [-0.3, -0.25) is 4.68 Å². The molecule has 0 radical (unpaired) electrons. The molecule has 0 saturated heterocycles. The average molecular weight is 304 g/mol. The van der Waals surface area contributed by atoms with E-state index in [1.807, 2.05) is 0 Å². The van der Waals surface area contributed by atoms with Gasteiger partial charge in [-0.2, -0.15) is 5.10 Å². The van der Waals surface area contributed by atoms with Crippen molar-refractivity contribution in [3.8, 4) is 0 Å². The fourth-order valence-electron chi connectivity index (χ4n) is 1.47. The summed E-state index contributed by atoms with van der Waals surface area (Å²) in [5.74, 6) is 0. The van der Waals surface area contributed by atoms with Crippen LogP contribution >= 0.6 is 0 Å². The van der Waals surface area contributed by atoms with Crippen LogP contribution in [0.15, 0.2) is 17.3 Å². The fraction of sp³-hybridized carbons (Fsp3) is 0.750.